The van der Waals surface area contributed by atoms with Crippen LogP contribution in [0.3, 0.4) is 0 Å². The number of nitrogens with one attached hydrogen (secondary N) is 1. The van der Waals surface area contributed by atoms with E-state index in [-0.39, 0.29) is 0 Å². The maximum absolute atomic E-state index is 12.4. The molecule has 0 aromatic heterocycles. The van der Waals surface area contributed by atoms with Gasteiger partial charge in [0.05, 0.1) is 11.9 Å². The molecule has 0 aliphatic rings. The van der Waals surface area contributed by atoms with Gasteiger partial charge in [0.1, 0.15) is 0 Å². The van der Waals surface area contributed by atoms with Gasteiger partial charge in [-0.3, -0.25) is 9.59 Å². The second kappa shape index (κ2) is 5.29. The third-order valence-electron chi connectivity index (χ3n) is 1.54. The second-order valence-electron chi connectivity index (χ2n) is 2.72. The zero-order chi connectivity index (χ0) is 12.2. The molecule has 1 atom stereocenters. The minimum atomic E-state index is -4.80. The van der Waals surface area contributed by atoms with E-state index in [1.54, 1.807) is 0 Å². The lowest BCUT2D eigenvalue weighted by Gasteiger charge is -2.17. The monoisotopic (exact) mass is 249 g/mol. The number of amides is 1. The van der Waals surface area contributed by atoms with Crippen molar-refractivity contribution >= 4 is 23.3 Å². The molecule has 0 bridgehead atoms. The molecule has 8 heteroatoms. The summed E-state index contributed by atoms with van der Waals surface area (Å²) < 4.78 is 48.1. The lowest BCUT2D eigenvalue weighted by molar-refractivity contribution is -0.170. The molecule has 0 radical (unpaired) electrons. The molecule has 0 aliphatic heterocycles. The predicted octanol–water partition coefficient (Wildman–Crippen LogP) is 1.20. The van der Waals surface area contributed by atoms with Crippen LogP contribution < -0.4 is 5.32 Å². The average molecular weight is 250 g/mol. The number of ketones is 1. The summed E-state index contributed by atoms with van der Waals surface area (Å²) in [5, 5.41) is 1.45. The highest BCUT2D eigenvalue weighted by Crippen LogP contribution is 2.22. The third-order valence-corrected chi connectivity index (χ3v) is 1.80. The minimum Gasteiger partial charge on any atom is -0.341 e. The molecule has 0 saturated heterocycles. The van der Waals surface area contributed by atoms with Gasteiger partial charge in [-0.2, -0.15) is 8.78 Å². The maximum Gasteiger partial charge on any atom is 0.383 e. The van der Waals surface area contributed by atoms with Gasteiger partial charge in [-0.05, 0) is 6.92 Å². The fraction of sp³-hybridized carbons (Fsp3) is 0.714. The molecule has 0 fully saturated rings. The topological polar surface area (TPSA) is 46.2 Å². The van der Waals surface area contributed by atoms with Gasteiger partial charge in [0, 0.05) is 0 Å². The van der Waals surface area contributed by atoms with E-state index in [1.807, 2.05) is 0 Å². The largest absolute Gasteiger partial charge is 0.383 e. The Morgan fingerprint density at radius 1 is 1.40 bits per heavy atom. The first-order valence-corrected chi connectivity index (χ1v) is 4.32. The molecule has 0 aromatic carbocycles. The highest BCUT2D eigenvalue weighted by molar-refractivity contribution is 6.28. The molecular weight excluding hydrogens is 242 g/mol. The van der Waals surface area contributed by atoms with Crippen molar-refractivity contribution in [1.29, 1.82) is 0 Å². The number of carbonyl (C=O) groups is 2. The highest BCUT2D eigenvalue weighted by atomic mass is 35.5. The van der Waals surface area contributed by atoms with Crippen LogP contribution in [0.15, 0.2) is 0 Å². The summed E-state index contributed by atoms with van der Waals surface area (Å²) in [7, 11) is 0. The Kier molecular flexibility index (Phi) is 4.99. The number of Topliss-reactive ketones (excluding diaryl/α,β-unsaturated/α-hetero) is 1. The molecule has 0 heterocycles. The summed E-state index contributed by atoms with van der Waals surface area (Å²) in [6.45, 7) is 1.07. The first kappa shape index (κ1) is 14.2. The van der Waals surface area contributed by atoms with Crippen molar-refractivity contribution in [2.75, 3.05) is 5.88 Å². The third kappa shape index (κ3) is 3.65. The second-order valence-corrected chi connectivity index (χ2v) is 2.99. The van der Waals surface area contributed by atoms with Crippen molar-refractivity contribution in [2.45, 2.75) is 25.3 Å². The molecule has 3 nitrogen and oxygen atoms in total. The van der Waals surface area contributed by atoms with Crippen LogP contribution in [0.2, 0.25) is 0 Å². The van der Waals surface area contributed by atoms with E-state index < -0.39 is 36.0 Å². The zero-order valence-electron chi connectivity index (χ0n) is 7.57. The molecule has 1 unspecified atom stereocenters. The van der Waals surface area contributed by atoms with E-state index in [4.69, 9.17) is 11.6 Å². The molecule has 0 saturated carbocycles. The smallest absolute Gasteiger partial charge is 0.341 e. The Morgan fingerprint density at radius 2 is 1.87 bits per heavy atom. The van der Waals surface area contributed by atoms with Crippen LogP contribution in [-0.4, -0.2) is 36.0 Å². The Hall–Kier alpha value is -0.850. The SMILES string of the molecule is CC(NC(=O)C(F)(F)C(F)F)C(=O)CCl. The van der Waals surface area contributed by atoms with Crippen LogP contribution in [0.4, 0.5) is 17.6 Å². The van der Waals surface area contributed by atoms with Crippen molar-refractivity contribution in [3.8, 4) is 0 Å². The number of alkyl halides is 5. The molecular formula is C7H8ClF4NO2. The fourth-order valence-electron chi connectivity index (χ4n) is 0.588. The molecule has 15 heavy (non-hydrogen) atoms. The van der Waals surface area contributed by atoms with E-state index >= 15 is 0 Å². The average Bonchev–Trinajstić information content (AvgIpc) is 2.15. The first-order chi connectivity index (χ1) is 6.73. The van der Waals surface area contributed by atoms with E-state index in [1.165, 1.54) is 5.32 Å². The summed E-state index contributed by atoms with van der Waals surface area (Å²) in [4.78, 5) is 21.4. The number of hydrogen-bond acceptors (Lipinski definition) is 2. The van der Waals surface area contributed by atoms with Gasteiger partial charge in [-0.25, -0.2) is 8.78 Å². The maximum atomic E-state index is 12.4. The zero-order valence-corrected chi connectivity index (χ0v) is 8.32. The van der Waals surface area contributed by atoms with Gasteiger partial charge in [-0.15, -0.1) is 11.6 Å². The van der Waals surface area contributed by atoms with E-state index in [9.17, 15) is 27.2 Å². The van der Waals surface area contributed by atoms with Gasteiger partial charge < -0.3 is 5.32 Å². The van der Waals surface area contributed by atoms with Crippen LogP contribution >= 0.6 is 11.6 Å². The van der Waals surface area contributed by atoms with Gasteiger partial charge in [0.2, 0.25) is 0 Å². The minimum absolute atomic E-state index is 0.498. The van der Waals surface area contributed by atoms with Crippen LogP contribution in [0, 0.1) is 0 Å². The number of rotatable bonds is 5. The summed E-state index contributed by atoms with van der Waals surface area (Å²) in [5.41, 5.74) is 0. The standard InChI is InChI=1S/C7H8ClF4NO2/c1-3(4(14)2-8)13-6(15)7(11,12)5(9)10/h3,5H,2H2,1H3,(H,13,15). The fourth-order valence-corrected chi connectivity index (χ4v) is 0.820. The van der Waals surface area contributed by atoms with Crippen LogP contribution in [0.1, 0.15) is 6.92 Å². The molecule has 0 aromatic rings. The van der Waals surface area contributed by atoms with Crippen molar-refractivity contribution in [2.24, 2.45) is 0 Å². The van der Waals surface area contributed by atoms with Gasteiger partial charge in [0.15, 0.2) is 5.78 Å². The van der Waals surface area contributed by atoms with Gasteiger partial charge in [-0.1, -0.05) is 0 Å². The van der Waals surface area contributed by atoms with Gasteiger partial charge in [0.25, 0.3) is 5.91 Å². The van der Waals surface area contributed by atoms with Crippen molar-refractivity contribution in [1.82, 2.24) is 5.32 Å². The summed E-state index contributed by atoms with van der Waals surface area (Å²) in [5.74, 6) is -8.23. The molecule has 88 valence electrons. The Bertz CT molecular complexity index is 259. The number of halogens is 5. The van der Waals surface area contributed by atoms with E-state index in [2.05, 4.69) is 0 Å². The molecule has 0 rings (SSSR count). The number of carbonyl (C=O) groups excluding carboxylic acids is 2. The summed E-state index contributed by atoms with van der Waals surface area (Å²) in [6.07, 6.45) is -4.11. The van der Waals surface area contributed by atoms with Crippen LogP contribution in [0.5, 0.6) is 0 Å². The highest BCUT2D eigenvalue weighted by Gasteiger charge is 2.49. The lowest BCUT2D eigenvalue weighted by atomic mass is 10.2. The summed E-state index contributed by atoms with van der Waals surface area (Å²) >= 11 is 5.07. The molecule has 0 spiro atoms. The quantitative estimate of drug-likeness (QED) is 0.588. The summed E-state index contributed by atoms with van der Waals surface area (Å²) in [6, 6.07) is -1.32. The van der Waals surface area contributed by atoms with E-state index in [0.29, 0.717) is 0 Å². The van der Waals surface area contributed by atoms with Crippen molar-refractivity contribution in [3.63, 3.8) is 0 Å². The lowest BCUT2D eigenvalue weighted by Crippen LogP contribution is -2.50. The Morgan fingerprint density at radius 3 is 2.20 bits per heavy atom. The van der Waals surface area contributed by atoms with E-state index in [0.717, 1.165) is 6.92 Å². The van der Waals surface area contributed by atoms with Crippen molar-refractivity contribution in [3.05, 3.63) is 0 Å². The molecule has 1 N–H and O–H groups in total. The molecule has 0 aliphatic carbocycles. The van der Waals surface area contributed by atoms with Gasteiger partial charge >= 0.3 is 12.3 Å². The predicted molar refractivity (Wildman–Crippen MR) is 44.3 cm³/mol. The molecule has 1 amide bonds. The Balaban J connectivity index is 4.44. The normalized spacial score (nSPS) is 13.8. The van der Waals surface area contributed by atoms with Crippen LogP contribution in [-0.2, 0) is 9.59 Å². The number of hydrogen-bond donors (Lipinski definition) is 1. The Labute approximate surface area is 87.8 Å². The van der Waals surface area contributed by atoms with Crippen molar-refractivity contribution < 1.29 is 27.2 Å². The van der Waals surface area contributed by atoms with Crippen LogP contribution in [0.25, 0.3) is 0 Å². The first-order valence-electron chi connectivity index (χ1n) is 3.79.